The fraction of sp³-hybridized carbons (Fsp3) is 0.533. The van der Waals surface area contributed by atoms with Crippen molar-refractivity contribution in [3.05, 3.63) is 35.6 Å². The monoisotopic (exact) mass is 280 g/mol. The number of carbonyl (C=O) groups excluding carboxylic acids is 1. The standard InChI is InChI=1S/C15H21FN2O2/c1-15(2,10-5-4-6-11(16)7-10)14(19)18-12-8-17-9-13(12)20-3/h4-7,12-13,17H,8-9H2,1-3H3,(H,18,19)/t12-,13-/m0/s1. The molecule has 2 N–H and O–H groups in total. The quantitative estimate of drug-likeness (QED) is 0.871. The van der Waals surface area contributed by atoms with E-state index in [0.717, 1.165) is 6.54 Å². The Kier molecular flexibility index (Phi) is 4.40. The molecule has 1 aliphatic heterocycles. The molecule has 0 aliphatic carbocycles. The Labute approximate surface area is 118 Å². The predicted molar refractivity (Wildman–Crippen MR) is 75.0 cm³/mol. The average Bonchev–Trinajstić information content (AvgIpc) is 2.86. The Bertz CT molecular complexity index is 491. The van der Waals surface area contributed by atoms with E-state index in [2.05, 4.69) is 10.6 Å². The highest BCUT2D eigenvalue weighted by atomic mass is 19.1. The van der Waals surface area contributed by atoms with Gasteiger partial charge in [-0.05, 0) is 31.5 Å². The molecule has 1 aliphatic rings. The molecule has 1 amide bonds. The third-order valence-electron chi connectivity index (χ3n) is 3.89. The van der Waals surface area contributed by atoms with Gasteiger partial charge in [-0.15, -0.1) is 0 Å². The smallest absolute Gasteiger partial charge is 0.230 e. The van der Waals surface area contributed by atoms with Gasteiger partial charge in [0.2, 0.25) is 5.91 Å². The van der Waals surface area contributed by atoms with Gasteiger partial charge in [0.15, 0.2) is 0 Å². The lowest BCUT2D eigenvalue weighted by Crippen LogP contribution is -2.50. The fourth-order valence-electron chi connectivity index (χ4n) is 2.40. The van der Waals surface area contributed by atoms with Crippen molar-refractivity contribution >= 4 is 5.91 Å². The minimum absolute atomic E-state index is 0.0257. The first-order valence-corrected chi connectivity index (χ1v) is 6.75. The summed E-state index contributed by atoms with van der Waals surface area (Å²) in [5.74, 6) is -0.459. The molecule has 0 aromatic heterocycles. The average molecular weight is 280 g/mol. The number of halogens is 1. The number of benzene rings is 1. The molecule has 20 heavy (non-hydrogen) atoms. The van der Waals surface area contributed by atoms with Crippen molar-refractivity contribution in [2.75, 3.05) is 20.2 Å². The number of hydrogen-bond donors (Lipinski definition) is 2. The number of amides is 1. The van der Waals surface area contributed by atoms with Crippen molar-refractivity contribution in [2.24, 2.45) is 0 Å². The van der Waals surface area contributed by atoms with Crippen LogP contribution in [0.1, 0.15) is 19.4 Å². The highest BCUT2D eigenvalue weighted by molar-refractivity contribution is 5.87. The highest BCUT2D eigenvalue weighted by Crippen LogP contribution is 2.24. The van der Waals surface area contributed by atoms with Crippen molar-refractivity contribution in [1.82, 2.24) is 10.6 Å². The summed E-state index contributed by atoms with van der Waals surface area (Å²) in [6, 6.07) is 6.11. The van der Waals surface area contributed by atoms with Gasteiger partial charge in [-0.3, -0.25) is 4.79 Å². The molecule has 5 heteroatoms. The Balaban J connectivity index is 2.11. The van der Waals surface area contributed by atoms with Crippen LogP contribution in [0.2, 0.25) is 0 Å². The second-order valence-corrected chi connectivity index (χ2v) is 5.65. The van der Waals surface area contributed by atoms with Crippen LogP contribution in [0.4, 0.5) is 4.39 Å². The molecule has 0 spiro atoms. The second-order valence-electron chi connectivity index (χ2n) is 5.65. The van der Waals surface area contributed by atoms with Crippen molar-refractivity contribution < 1.29 is 13.9 Å². The van der Waals surface area contributed by atoms with Crippen LogP contribution < -0.4 is 10.6 Å². The third-order valence-corrected chi connectivity index (χ3v) is 3.89. The first kappa shape index (κ1) is 14.9. The SMILES string of the molecule is CO[C@H]1CNC[C@@H]1NC(=O)C(C)(C)c1cccc(F)c1. The molecule has 1 heterocycles. The van der Waals surface area contributed by atoms with Gasteiger partial charge >= 0.3 is 0 Å². The molecule has 1 saturated heterocycles. The highest BCUT2D eigenvalue weighted by Gasteiger charge is 2.35. The molecular formula is C15H21FN2O2. The van der Waals surface area contributed by atoms with E-state index in [9.17, 15) is 9.18 Å². The van der Waals surface area contributed by atoms with Gasteiger partial charge in [0, 0.05) is 20.2 Å². The third kappa shape index (κ3) is 2.99. The fourth-order valence-corrected chi connectivity index (χ4v) is 2.40. The summed E-state index contributed by atoms with van der Waals surface area (Å²) >= 11 is 0. The molecule has 110 valence electrons. The van der Waals surface area contributed by atoms with Gasteiger partial charge in [-0.25, -0.2) is 4.39 Å². The number of nitrogens with one attached hydrogen (secondary N) is 2. The molecule has 0 bridgehead atoms. The minimum atomic E-state index is -0.789. The lowest BCUT2D eigenvalue weighted by atomic mass is 9.83. The van der Waals surface area contributed by atoms with Gasteiger partial charge in [0.25, 0.3) is 0 Å². The Morgan fingerprint density at radius 1 is 1.45 bits per heavy atom. The number of carbonyl (C=O) groups is 1. The van der Waals surface area contributed by atoms with E-state index < -0.39 is 5.41 Å². The first-order valence-electron chi connectivity index (χ1n) is 6.75. The van der Waals surface area contributed by atoms with Crippen LogP contribution in [0.15, 0.2) is 24.3 Å². The van der Waals surface area contributed by atoms with Crippen LogP contribution in [0.5, 0.6) is 0 Å². The molecule has 0 saturated carbocycles. The largest absolute Gasteiger partial charge is 0.378 e. The maximum absolute atomic E-state index is 13.3. The van der Waals surface area contributed by atoms with E-state index in [1.807, 2.05) is 0 Å². The maximum atomic E-state index is 13.3. The zero-order valence-corrected chi connectivity index (χ0v) is 12.1. The normalized spacial score (nSPS) is 22.8. The van der Waals surface area contributed by atoms with Gasteiger partial charge in [0.1, 0.15) is 5.82 Å². The summed E-state index contributed by atoms with van der Waals surface area (Å²) in [6.07, 6.45) is -0.0257. The van der Waals surface area contributed by atoms with Crippen LogP contribution in [0.3, 0.4) is 0 Å². The van der Waals surface area contributed by atoms with Crippen LogP contribution in [0.25, 0.3) is 0 Å². The molecule has 2 rings (SSSR count). The van der Waals surface area contributed by atoms with E-state index in [0.29, 0.717) is 12.1 Å². The summed E-state index contributed by atoms with van der Waals surface area (Å²) in [5, 5.41) is 6.17. The first-order chi connectivity index (χ1) is 9.45. The summed E-state index contributed by atoms with van der Waals surface area (Å²) in [6.45, 7) is 4.99. The van der Waals surface area contributed by atoms with E-state index in [-0.39, 0.29) is 23.9 Å². The van der Waals surface area contributed by atoms with E-state index in [4.69, 9.17) is 4.74 Å². The molecule has 1 fully saturated rings. The number of hydrogen-bond acceptors (Lipinski definition) is 3. The summed E-state index contributed by atoms with van der Waals surface area (Å²) in [4.78, 5) is 12.5. The van der Waals surface area contributed by atoms with Crippen molar-refractivity contribution in [1.29, 1.82) is 0 Å². The Hall–Kier alpha value is -1.46. The predicted octanol–water partition coefficient (Wildman–Crippen LogP) is 1.21. The molecular weight excluding hydrogens is 259 g/mol. The summed E-state index contributed by atoms with van der Waals surface area (Å²) in [7, 11) is 1.63. The van der Waals surface area contributed by atoms with E-state index in [1.165, 1.54) is 12.1 Å². The van der Waals surface area contributed by atoms with E-state index >= 15 is 0 Å². The van der Waals surface area contributed by atoms with Crippen LogP contribution >= 0.6 is 0 Å². The minimum Gasteiger partial charge on any atom is -0.378 e. The lowest BCUT2D eigenvalue weighted by molar-refractivity contribution is -0.127. The second kappa shape index (κ2) is 5.89. The molecule has 2 atom stereocenters. The molecule has 0 radical (unpaired) electrons. The lowest BCUT2D eigenvalue weighted by Gasteiger charge is -2.28. The van der Waals surface area contributed by atoms with Crippen LogP contribution in [-0.2, 0) is 14.9 Å². The molecule has 4 nitrogen and oxygen atoms in total. The van der Waals surface area contributed by atoms with E-state index in [1.54, 1.807) is 33.1 Å². The van der Waals surface area contributed by atoms with Gasteiger partial charge < -0.3 is 15.4 Å². The Morgan fingerprint density at radius 3 is 2.85 bits per heavy atom. The zero-order valence-electron chi connectivity index (χ0n) is 12.1. The molecule has 1 aromatic carbocycles. The number of methoxy groups -OCH3 is 1. The van der Waals surface area contributed by atoms with Crippen LogP contribution in [0, 0.1) is 5.82 Å². The molecule has 0 unspecified atom stereocenters. The Morgan fingerprint density at radius 2 is 2.20 bits per heavy atom. The van der Waals surface area contributed by atoms with Crippen molar-refractivity contribution in [3.63, 3.8) is 0 Å². The van der Waals surface area contributed by atoms with Crippen LogP contribution in [-0.4, -0.2) is 38.3 Å². The van der Waals surface area contributed by atoms with Gasteiger partial charge in [-0.2, -0.15) is 0 Å². The summed E-state index contributed by atoms with van der Waals surface area (Å²) in [5.41, 5.74) is -0.127. The number of ether oxygens (including phenoxy) is 1. The van der Waals surface area contributed by atoms with Crippen molar-refractivity contribution in [3.8, 4) is 0 Å². The van der Waals surface area contributed by atoms with Gasteiger partial charge in [0.05, 0.1) is 17.6 Å². The zero-order chi connectivity index (χ0) is 14.8. The van der Waals surface area contributed by atoms with Crippen molar-refractivity contribution in [2.45, 2.75) is 31.4 Å². The maximum Gasteiger partial charge on any atom is 0.230 e. The summed E-state index contributed by atoms with van der Waals surface area (Å²) < 4.78 is 18.6. The number of rotatable bonds is 4. The van der Waals surface area contributed by atoms with Gasteiger partial charge in [-0.1, -0.05) is 12.1 Å². The topological polar surface area (TPSA) is 50.4 Å². The molecule has 1 aromatic rings.